The largest absolute Gasteiger partial charge is 0.479 e. The van der Waals surface area contributed by atoms with Gasteiger partial charge in [-0.05, 0) is 102 Å². The number of ether oxygens (including phenoxy) is 1. The molecule has 0 bridgehead atoms. The maximum Gasteiger partial charge on any atom is 0.337 e. The molecule has 5 aromatic rings. The number of rotatable bonds is 7. The predicted molar refractivity (Wildman–Crippen MR) is 206 cm³/mol. The lowest BCUT2D eigenvalue weighted by molar-refractivity contribution is -0.160. The van der Waals surface area contributed by atoms with Crippen LogP contribution >= 0.6 is 0 Å². The maximum atomic E-state index is 12.9. The van der Waals surface area contributed by atoms with Crippen molar-refractivity contribution in [3.05, 3.63) is 76.4 Å². The van der Waals surface area contributed by atoms with Gasteiger partial charge in [-0.2, -0.15) is 0 Å². The first-order valence-corrected chi connectivity index (χ1v) is 18.4. The number of aryl methyl sites for hydroxylation is 4. The van der Waals surface area contributed by atoms with E-state index in [4.69, 9.17) is 19.7 Å². The Morgan fingerprint density at radius 3 is 2.39 bits per heavy atom. The SMILES string of the molecule is CCn1c2ccc(C)cc2c2ncnc(N3CCc4cc(-c5c(C)nc(C)c([C@H](OC(C)(C)C)C(=O)O)c5N5CCC(C)(C)CC5)ccc4C3)c21. The van der Waals surface area contributed by atoms with Crippen molar-refractivity contribution in [2.24, 2.45) is 5.41 Å². The quantitative estimate of drug-likeness (QED) is 0.181. The third-order valence-corrected chi connectivity index (χ3v) is 10.9. The molecular weight excluding hydrogens is 637 g/mol. The molecule has 7 rings (SSSR count). The zero-order valence-electron chi connectivity index (χ0n) is 31.7. The summed E-state index contributed by atoms with van der Waals surface area (Å²) in [6.45, 7) is 22.8. The molecule has 0 unspecified atom stereocenters. The molecule has 268 valence electrons. The van der Waals surface area contributed by atoms with Gasteiger partial charge in [-0.3, -0.25) is 4.98 Å². The van der Waals surface area contributed by atoms with Gasteiger partial charge in [0.15, 0.2) is 11.9 Å². The van der Waals surface area contributed by atoms with E-state index < -0.39 is 17.7 Å². The van der Waals surface area contributed by atoms with Crippen LogP contribution in [0.15, 0.2) is 42.7 Å². The molecule has 0 radical (unpaired) electrons. The van der Waals surface area contributed by atoms with E-state index >= 15 is 0 Å². The number of aliphatic carboxylic acids is 1. The van der Waals surface area contributed by atoms with Gasteiger partial charge in [0.25, 0.3) is 0 Å². The minimum Gasteiger partial charge on any atom is -0.479 e. The Bertz CT molecular complexity index is 2150. The smallest absolute Gasteiger partial charge is 0.337 e. The van der Waals surface area contributed by atoms with E-state index in [1.807, 2.05) is 27.7 Å². The summed E-state index contributed by atoms with van der Waals surface area (Å²) in [5, 5.41) is 11.8. The van der Waals surface area contributed by atoms with Crippen LogP contribution < -0.4 is 9.80 Å². The standard InChI is InChI=1S/C42H52N6O3/c1-10-48-32-14-11-25(2)21-31(32)35-37(48)39(44-24-43-35)47-18-15-28-22-29(12-13-30(28)23-47)33-26(3)45-27(4)34(38(40(49)50)51-41(5,6)7)36(33)46-19-16-42(8,9)17-20-46/h11-14,21-22,24,38H,10,15-20,23H2,1-9H3,(H,49,50)/t38-/m0/s1. The molecule has 0 amide bonds. The topological polar surface area (TPSA) is 96.6 Å². The Hall–Kier alpha value is -4.50. The van der Waals surface area contributed by atoms with Gasteiger partial charge in [-0.15, -0.1) is 0 Å². The van der Waals surface area contributed by atoms with Gasteiger partial charge in [0.2, 0.25) is 0 Å². The van der Waals surface area contributed by atoms with Gasteiger partial charge in [0, 0.05) is 60.6 Å². The van der Waals surface area contributed by atoms with Crippen LogP contribution in [-0.2, 0) is 29.0 Å². The van der Waals surface area contributed by atoms with Gasteiger partial charge in [-0.25, -0.2) is 14.8 Å². The number of pyridine rings is 1. The molecule has 1 saturated heterocycles. The molecule has 0 aliphatic carbocycles. The molecule has 2 aromatic carbocycles. The van der Waals surface area contributed by atoms with Gasteiger partial charge in [0.1, 0.15) is 17.4 Å². The Balaban J connectivity index is 1.31. The summed E-state index contributed by atoms with van der Waals surface area (Å²) in [7, 11) is 0. The number of aromatic nitrogens is 4. The van der Waals surface area contributed by atoms with Crippen LogP contribution in [0.3, 0.4) is 0 Å². The number of anilines is 2. The Labute approximate surface area is 301 Å². The molecule has 2 aliphatic heterocycles. The van der Waals surface area contributed by atoms with Crippen molar-refractivity contribution >= 4 is 39.4 Å². The Kier molecular flexibility index (Phi) is 8.85. The lowest BCUT2D eigenvalue weighted by Gasteiger charge is -2.41. The van der Waals surface area contributed by atoms with E-state index in [9.17, 15) is 9.90 Å². The maximum absolute atomic E-state index is 12.9. The summed E-state index contributed by atoms with van der Waals surface area (Å²) >= 11 is 0. The van der Waals surface area contributed by atoms with E-state index in [2.05, 4.69) is 85.4 Å². The summed E-state index contributed by atoms with van der Waals surface area (Å²) in [5.41, 5.74) is 12.0. The molecule has 9 nitrogen and oxygen atoms in total. The van der Waals surface area contributed by atoms with E-state index in [0.717, 1.165) is 91.3 Å². The minimum absolute atomic E-state index is 0.236. The van der Waals surface area contributed by atoms with Crippen LogP contribution in [0.1, 0.15) is 94.1 Å². The molecule has 1 fully saturated rings. The van der Waals surface area contributed by atoms with Crippen molar-refractivity contribution in [2.45, 2.75) is 106 Å². The zero-order chi connectivity index (χ0) is 36.4. The average Bonchev–Trinajstić information content (AvgIpc) is 3.39. The summed E-state index contributed by atoms with van der Waals surface area (Å²) in [6, 6.07) is 13.4. The average molecular weight is 689 g/mol. The van der Waals surface area contributed by atoms with Gasteiger partial charge in [0.05, 0.1) is 16.8 Å². The number of hydrogen-bond acceptors (Lipinski definition) is 7. The lowest BCUT2D eigenvalue weighted by Crippen LogP contribution is -2.39. The highest BCUT2D eigenvalue weighted by atomic mass is 16.5. The monoisotopic (exact) mass is 688 g/mol. The molecule has 0 spiro atoms. The number of benzene rings is 2. The predicted octanol–water partition coefficient (Wildman–Crippen LogP) is 8.72. The second-order valence-electron chi connectivity index (χ2n) is 16.3. The van der Waals surface area contributed by atoms with E-state index in [-0.39, 0.29) is 5.41 Å². The van der Waals surface area contributed by atoms with Crippen molar-refractivity contribution in [3.63, 3.8) is 0 Å². The van der Waals surface area contributed by atoms with E-state index in [1.54, 1.807) is 6.33 Å². The normalized spacial score (nSPS) is 16.9. The van der Waals surface area contributed by atoms with Crippen LogP contribution in [0.4, 0.5) is 11.5 Å². The molecule has 3 aromatic heterocycles. The number of carbonyl (C=O) groups is 1. The first kappa shape index (κ1) is 34.9. The number of nitrogens with zero attached hydrogens (tertiary/aromatic N) is 6. The van der Waals surface area contributed by atoms with Gasteiger partial charge in [-0.1, -0.05) is 43.7 Å². The van der Waals surface area contributed by atoms with Gasteiger partial charge >= 0.3 is 5.97 Å². The first-order valence-electron chi connectivity index (χ1n) is 18.4. The van der Waals surface area contributed by atoms with Crippen LogP contribution in [0.2, 0.25) is 0 Å². The molecule has 5 heterocycles. The van der Waals surface area contributed by atoms with Crippen LogP contribution in [0.25, 0.3) is 33.1 Å². The first-order chi connectivity index (χ1) is 24.2. The summed E-state index contributed by atoms with van der Waals surface area (Å²) in [6.07, 6.45) is 3.48. The van der Waals surface area contributed by atoms with Crippen LogP contribution in [0, 0.1) is 26.2 Å². The van der Waals surface area contributed by atoms with Crippen LogP contribution in [0.5, 0.6) is 0 Å². The van der Waals surface area contributed by atoms with Crippen LogP contribution in [-0.4, -0.2) is 55.8 Å². The fraction of sp³-hybridized carbons (Fsp3) is 0.476. The van der Waals surface area contributed by atoms with Gasteiger partial charge < -0.3 is 24.2 Å². The summed E-state index contributed by atoms with van der Waals surface area (Å²) in [5.74, 6) is -0.0210. The molecule has 0 saturated carbocycles. The fourth-order valence-electron chi connectivity index (χ4n) is 8.21. The molecule has 1 atom stereocenters. The third kappa shape index (κ3) is 6.45. The number of hydrogen-bond donors (Lipinski definition) is 1. The molecule has 1 N–H and O–H groups in total. The number of fused-ring (bicyclic) bond motifs is 4. The molecule has 51 heavy (non-hydrogen) atoms. The zero-order valence-corrected chi connectivity index (χ0v) is 31.7. The highest BCUT2D eigenvalue weighted by Crippen LogP contribution is 2.45. The van der Waals surface area contributed by atoms with Crippen molar-refractivity contribution in [1.82, 2.24) is 19.5 Å². The summed E-state index contributed by atoms with van der Waals surface area (Å²) in [4.78, 5) is 32.4. The van der Waals surface area contributed by atoms with E-state index in [0.29, 0.717) is 11.3 Å². The highest BCUT2D eigenvalue weighted by Gasteiger charge is 2.37. The van der Waals surface area contributed by atoms with Crippen molar-refractivity contribution in [1.29, 1.82) is 0 Å². The highest BCUT2D eigenvalue weighted by molar-refractivity contribution is 6.09. The number of carboxylic acid groups (broad SMARTS) is 1. The second kappa shape index (κ2) is 12.9. The Morgan fingerprint density at radius 2 is 1.71 bits per heavy atom. The van der Waals surface area contributed by atoms with E-state index in [1.165, 1.54) is 27.6 Å². The molecule has 2 aliphatic rings. The fourth-order valence-corrected chi connectivity index (χ4v) is 8.21. The van der Waals surface area contributed by atoms with Crippen molar-refractivity contribution in [2.75, 3.05) is 29.4 Å². The lowest BCUT2D eigenvalue weighted by atomic mass is 9.81. The second-order valence-corrected chi connectivity index (χ2v) is 16.3. The van der Waals surface area contributed by atoms with Crippen molar-refractivity contribution in [3.8, 4) is 11.1 Å². The molecule has 9 heteroatoms. The minimum atomic E-state index is -1.14. The third-order valence-electron chi connectivity index (χ3n) is 10.9. The summed E-state index contributed by atoms with van der Waals surface area (Å²) < 4.78 is 8.65. The van der Waals surface area contributed by atoms with Crippen molar-refractivity contribution < 1.29 is 14.6 Å². The number of carboxylic acids is 1. The molecular formula is C42H52N6O3. The number of piperidine rings is 1. The Morgan fingerprint density at radius 1 is 0.961 bits per heavy atom.